The van der Waals surface area contributed by atoms with Crippen molar-refractivity contribution in [2.75, 3.05) is 7.11 Å². The van der Waals surface area contributed by atoms with Crippen LogP contribution in [0.15, 0.2) is 6.20 Å². The number of ether oxygens (including phenoxy) is 1. The second-order valence-electron chi connectivity index (χ2n) is 1.86. The van der Waals surface area contributed by atoms with Crippen LogP contribution < -0.4 is 4.74 Å². The SMILES string of the molecule is COc1ncc(I)c(C(=O)O)n1. The molecule has 0 fully saturated rings. The molecule has 1 aromatic heterocycles. The molecule has 0 saturated heterocycles. The molecule has 6 heteroatoms. The van der Waals surface area contributed by atoms with Crippen molar-refractivity contribution in [1.82, 2.24) is 9.97 Å². The van der Waals surface area contributed by atoms with Crippen molar-refractivity contribution in [2.24, 2.45) is 0 Å². The van der Waals surface area contributed by atoms with Crippen LogP contribution in [0.5, 0.6) is 6.01 Å². The van der Waals surface area contributed by atoms with Crippen molar-refractivity contribution in [3.8, 4) is 6.01 Å². The zero-order chi connectivity index (χ0) is 9.14. The molecule has 0 atom stereocenters. The van der Waals surface area contributed by atoms with E-state index in [9.17, 15) is 4.79 Å². The molecule has 0 saturated carbocycles. The first-order chi connectivity index (χ1) is 5.65. The van der Waals surface area contributed by atoms with Crippen molar-refractivity contribution in [1.29, 1.82) is 0 Å². The molecule has 64 valence electrons. The summed E-state index contributed by atoms with van der Waals surface area (Å²) in [5.74, 6) is -1.08. The number of carbonyl (C=O) groups is 1. The Morgan fingerprint density at radius 2 is 2.42 bits per heavy atom. The van der Waals surface area contributed by atoms with E-state index in [0.717, 1.165) is 0 Å². The highest BCUT2D eigenvalue weighted by Crippen LogP contribution is 2.11. The number of hydrogen-bond donors (Lipinski definition) is 1. The molecule has 1 aromatic rings. The highest BCUT2D eigenvalue weighted by Gasteiger charge is 2.11. The van der Waals surface area contributed by atoms with Crippen molar-refractivity contribution in [3.63, 3.8) is 0 Å². The van der Waals surface area contributed by atoms with Gasteiger partial charge in [0.05, 0.1) is 10.7 Å². The topological polar surface area (TPSA) is 72.3 Å². The summed E-state index contributed by atoms with van der Waals surface area (Å²) in [6, 6.07) is 0.0628. The van der Waals surface area contributed by atoms with Gasteiger partial charge in [0.25, 0.3) is 0 Å². The van der Waals surface area contributed by atoms with Gasteiger partial charge in [0.1, 0.15) is 0 Å². The maximum atomic E-state index is 10.5. The molecule has 1 N–H and O–H groups in total. The summed E-state index contributed by atoms with van der Waals surface area (Å²) in [5, 5.41) is 8.63. The van der Waals surface area contributed by atoms with Crippen molar-refractivity contribution >= 4 is 28.6 Å². The van der Waals surface area contributed by atoms with Gasteiger partial charge in [-0.3, -0.25) is 0 Å². The summed E-state index contributed by atoms with van der Waals surface area (Å²) >= 11 is 1.85. The molecule has 0 aliphatic rings. The van der Waals surface area contributed by atoms with Gasteiger partial charge in [-0.25, -0.2) is 9.78 Å². The molecule has 5 nitrogen and oxygen atoms in total. The summed E-state index contributed by atoms with van der Waals surface area (Å²) in [6.07, 6.45) is 1.40. The van der Waals surface area contributed by atoms with Gasteiger partial charge in [-0.1, -0.05) is 0 Å². The molecular formula is C6H5IN2O3. The van der Waals surface area contributed by atoms with Crippen LogP contribution in [0.3, 0.4) is 0 Å². The second-order valence-corrected chi connectivity index (χ2v) is 3.02. The van der Waals surface area contributed by atoms with E-state index in [-0.39, 0.29) is 11.7 Å². The van der Waals surface area contributed by atoms with E-state index < -0.39 is 5.97 Å². The van der Waals surface area contributed by atoms with E-state index in [1.54, 1.807) is 0 Å². The fourth-order valence-electron chi connectivity index (χ4n) is 0.599. The minimum absolute atomic E-state index is 0.0394. The Hall–Kier alpha value is -0.920. The smallest absolute Gasteiger partial charge is 0.355 e. The lowest BCUT2D eigenvalue weighted by Crippen LogP contribution is -2.05. The number of carboxylic acids is 1. The average molecular weight is 280 g/mol. The summed E-state index contributed by atoms with van der Waals surface area (Å²) < 4.78 is 5.16. The summed E-state index contributed by atoms with van der Waals surface area (Å²) in [4.78, 5) is 17.9. The van der Waals surface area contributed by atoms with Crippen LogP contribution in [0.1, 0.15) is 10.5 Å². The summed E-state index contributed by atoms with van der Waals surface area (Å²) in [7, 11) is 1.38. The van der Waals surface area contributed by atoms with Gasteiger partial charge in [0.15, 0.2) is 5.69 Å². The van der Waals surface area contributed by atoms with E-state index in [0.29, 0.717) is 3.57 Å². The monoisotopic (exact) mass is 280 g/mol. The van der Waals surface area contributed by atoms with Crippen LogP contribution in [-0.2, 0) is 0 Å². The Morgan fingerprint density at radius 1 is 1.75 bits per heavy atom. The quantitative estimate of drug-likeness (QED) is 0.811. The fraction of sp³-hybridized carbons (Fsp3) is 0.167. The number of methoxy groups -OCH3 is 1. The molecule has 0 amide bonds. The number of nitrogens with zero attached hydrogens (tertiary/aromatic N) is 2. The van der Waals surface area contributed by atoms with Gasteiger partial charge < -0.3 is 9.84 Å². The van der Waals surface area contributed by atoms with Crippen molar-refractivity contribution < 1.29 is 14.6 Å². The first kappa shape index (κ1) is 9.17. The molecule has 0 aromatic carbocycles. The molecular weight excluding hydrogens is 275 g/mol. The lowest BCUT2D eigenvalue weighted by Gasteiger charge is -1.99. The number of halogens is 1. The third-order valence-corrected chi connectivity index (χ3v) is 1.90. The lowest BCUT2D eigenvalue weighted by molar-refractivity contribution is 0.0687. The van der Waals surface area contributed by atoms with E-state index in [1.807, 2.05) is 22.6 Å². The third kappa shape index (κ3) is 1.81. The number of rotatable bonds is 2. The number of aromatic nitrogens is 2. The summed E-state index contributed by atoms with van der Waals surface area (Å²) in [6.45, 7) is 0. The molecule has 0 unspecified atom stereocenters. The highest BCUT2D eigenvalue weighted by atomic mass is 127. The minimum Gasteiger partial charge on any atom is -0.476 e. The van der Waals surface area contributed by atoms with Crippen LogP contribution in [0.4, 0.5) is 0 Å². The summed E-state index contributed by atoms with van der Waals surface area (Å²) in [5.41, 5.74) is -0.0394. The Bertz CT molecular complexity index is 316. The second kappa shape index (κ2) is 3.65. The molecule has 0 aliphatic carbocycles. The molecule has 0 aliphatic heterocycles. The van der Waals surface area contributed by atoms with Gasteiger partial charge in [-0.15, -0.1) is 0 Å². The Morgan fingerprint density at radius 3 is 2.92 bits per heavy atom. The van der Waals surface area contributed by atoms with Gasteiger partial charge in [0, 0.05) is 6.20 Å². The number of hydrogen-bond acceptors (Lipinski definition) is 4. The normalized spacial score (nSPS) is 9.50. The first-order valence-electron chi connectivity index (χ1n) is 2.95. The van der Waals surface area contributed by atoms with Gasteiger partial charge >= 0.3 is 12.0 Å². The van der Waals surface area contributed by atoms with E-state index in [4.69, 9.17) is 5.11 Å². The maximum Gasteiger partial charge on any atom is 0.355 e. The van der Waals surface area contributed by atoms with Gasteiger partial charge in [-0.2, -0.15) is 4.98 Å². The van der Waals surface area contributed by atoms with Gasteiger partial charge in [0.2, 0.25) is 0 Å². The Balaban J connectivity index is 3.17. The minimum atomic E-state index is -1.08. The van der Waals surface area contributed by atoms with Crippen molar-refractivity contribution in [3.05, 3.63) is 15.5 Å². The van der Waals surface area contributed by atoms with Crippen LogP contribution in [0.25, 0.3) is 0 Å². The predicted octanol–water partition coefficient (Wildman–Crippen LogP) is 0.788. The predicted molar refractivity (Wildman–Crippen MR) is 48.3 cm³/mol. The van der Waals surface area contributed by atoms with Crippen molar-refractivity contribution in [2.45, 2.75) is 0 Å². The molecule has 0 spiro atoms. The lowest BCUT2D eigenvalue weighted by atomic mass is 10.4. The van der Waals surface area contributed by atoms with Crippen LogP contribution in [-0.4, -0.2) is 28.2 Å². The molecule has 12 heavy (non-hydrogen) atoms. The Kier molecular flexibility index (Phi) is 2.79. The van der Waals surface area contributed by atoms with E-state index in [2.05, 4.69) is 14.7 Å². The van der Waals surface area contributed by atoms with Crippen LogP contribution in [0, 0.1) is 3.57 Å². The van der Waals surface area contributed by atoms with Crippen LogP contribution in [0.2, 0.25) is 0 Å². The maximum absolute atomic E-state index is 10.5. The highest BCUT2D eigenvalue weighted by molar-refractivity contribution is 14.1. The molecule has 0 radical (unpaired) electrons. The molecule has 1 rings (SSSR count). The zero-order valence-electron chi connectivity index (χ0n) is 6.11. The molecule has 1 heterocycles. The Labute approximate surface area is 81.9 Å². The molecule has 0 bridgehead atoms. The standard InChI is InChI=1S/C6H5IN2O3/c1-12-6-8-2-3(7)4(9-6)5(10)11/h2H,1H3,(H,10,11). The van der Waals surface area contributed by atoms with Gasteiger partial charge in [-0.05, 0) is 22.6 Å². The number of aromatic carboxylic acids is 1. The average Bonchev–Trinajstić information content (AvgIpc) is 2.05. The first-order valence-corrected chi connectivity index (χ1v) is 4.03. The van der Waals surface area contributed by atoms with Crippen LogP contribution >= 0.6 is 22.6 Å². The fourth-order valence-corrected chi connectivity index (χ4v) is 1.09. The van der Waals surface area contributed by atoms with E-state index >= 15 is 0 Å². The third-order valence-electron chi connectivity index (χ3n) is 1.11. The zero-order valence-corrected chi connectivity index (χ0v) is 8.27. The van der Waals surface area contributed by atoms with E-state index in [1.165, 1.54) is 13.3 Å². The number of carboxylic acid groups (broad SMARTS) is 1. The largest absolute Gasteiger partial charge is 0.476 e.